The molecule has 0 N–H and O–H groups in total. The van der Waals surface area contributed by atoms with Crippen molar-refractivity contribution in [2.45, 2.75) is 19.3 Å². The molecule has 0 bridgehead atoms. The first-order valence-electron chi connectivity index (χ1n) is 6.92. The fourth-order valence-corrected chi connectivity index (χ4v) is 4.36. The first-order valence-corrected chi connectivity index (χ1v) is 7.71. The Balaban J connectivity index is 2.16. The van der Waals surface area contributed by atoms with Gasteiger partial charge in [-0.05, 0) is 51.2 Å². The molecule has 1 aliphatic carbocycles. The van der Waals surface area contributed by atoms with Gasteiger partial charge in [0, 0.05) is 9.89 Å². The molecule has 0 spiro atoms. The van der Waals surface area contributed by atoms with E-state index in [9.17, 15) is 0 Å². The van der Waals surface area contributed by atoms with Gasteiger partial charge in [0.15, 0.2) is 0 Å². The van der Waals surface area contributed by atoms with Crippen LogP contribution in [0.5, 0.6) is 0 Å². The van der Waals surface area contributed by atoms with E-state index in [1.165, 1.54) is 37.5 Å². The zero-order valence-corrected chi connectivity index (χ0v) is 13.2. The molecule has 1 heteroatoms. The van der Waals surface area contributed by atoms with Crippen molar-refractivity contribution < 1.29 is 0 Å². The van der Waals surface area contributed by atoms with Crippen molar-refractivity contribution in [1.82, 2.24) is 0 Å². The zero-order chi connectivity index (χ0) is 13.9. The predicted molar refractivity (Wildman–Crippen MR) is 89.2 cm³/mol. The lowest BCUT2D eigenvalue weighted by Crippen LogP contribution is -2.15. The van der Waals surface area contributed by atoms with Crippen molar-refractivity contribution in [2.75, 3.05) is 0 Å². The van der Waals surface area contributed by atoms with E-state index in [4.69, 9.17) is 0 Å². The second-order valence-corrected chi connectivity index (χ2v) is 6.89. The Labute approximate surface area is 127 Å². The van der Waals surface area contributed by atoms with Crippen molar-refractivity contribution >= 4 is 26.7 Å². The van der Waals surface area contributed by atoms with E-state index in [-0.39, 0.29) is 5.41 Å². The van der Waals surface area contributed by atoms with E-state index < -0.39 is 0 Å². The van der Waals surface area contributed by atoms with Crippen molar-refractivity contribution in [3.63, 3.8) is 0 Å². The second-order valence-electron chi connectivity index (χ2n) is 6.03. The minimum atomic E-state index is 0.0504. The molecule has 3 aromatic rings. The van der Waals surface area contributed by atoms with E-state index in [2.05, 4.69) is 84.4 Å². The molecule has 1 aliphatic rings. The highest BCUT2D eigenvalue weighted by atomic mass is 79.9. The summed E-state index contributed by atoms with van der Waals surface area (Å²) >= 11 is 3.74. The topological polar surface area (TPSA) is 0 Å². The van der Waals surface area contributed by atoms with Gasteiger partial charge in [0.25, 0.3) is 0 Å². The minimum Gasteiger partial charge on any atom is -0.0616 e. The Kier molecular flexibility index (Phi) is 2.41. The molecule has 0 fully saturated rings. The highest BCUT2D eigenvalue weighted by Gasteiger charge is 2.37. The maximum atomic E-state index is 3.74. The zero-order valence-electron chi connectivity index (χ0n) is 11.6. The van der Waals surface area contributed by atoms with Crippen molar-refractivity contribution in [2.24, 2.45) is 0 Å². The summed E-state index contributed by atoms with van der Waals surface area (Å²) in [5.74, 6) is 0. The van der Waals surface area contributed by atoms with Crippen molar-refractivity contribution in [3.8, 4) is 11.1 Å². The van der Waals surface area contributed by atoms with Gasteiger partial charge in [0.1, 0.15) is 0 Å². The van der Waals surface area contributed by atoms with Crippen LogP contribution in [0.4, 0.5) is 0 Å². The average Bonchev–Trinajstić information content (AvgIpc) is 2.66. The van der Waals surface area contributed by atoms with E-state index >= 15 is 0 Å². The number of hydrogen-bond acceptors (Lipinski definition) is 0. The van der Waals surface area contributed by atoms with E-state index in [0.717, 1.165) is 0 Å². The molecule has 0 atom stereocenters. The van der Waals surface area contributed by atoms with Crippen LogP contribution < -0.4 is 0 Å². The number of halogens is 1. The summed E-state index contributed by atoms with van der Waals surface area (Å²) in [6.07, 6.45) is 0. The normalized spacial score (nSPS) is 15.2. The molecule has 0 nitrogen and oxygen atoms in total. The van der Waals surface area contributed by atoms with Gasteiger partial charge < -0.3 is 0 Å². The second kappa shape index (κ2) is 3.95. The molecule has 3 aromatic carbocycles. The largest absolute Gasteiger partial charge is 0.0616 e. The number of hydrogen-bond donors (Lipinski definition) is 0. The van der Waals surface area contributed by atoms with E-state index in [1.54, 1.807) is 0 Å². The third-order valence-electron chi connectivity index (χ3n) is 4.49. The summed E-state index contributed by atoms with van der Waals surface area (Å²) in [4.78, 5) is 0. The molecule has 98 valence electrons. The van der Waals surface area contributed by atoms with Gasteiger partial charge in [0.2, 0.25) is 0 Å². The van der Waals surface area contributed by atoms with Crippen molar-refractivity contribution in [3.05, 3.63) is 70.2 Å². The van der Waals surface area contributed by atoms with Crippen LogP contribution in [0.3, 0.4) is 0 Å². The Morgan fingerprint density at radius 1 is 0.800 bits per heavy atom. The Hall–Kier alpha value is -1.60. The SMILES string of the molecule is CC1(C)c2cc3ccccc3cc2-c2cccc(Br)c21. The van der Waals surface area contributed by atoms with Crippen LogP contribution in [0.1, 0.15) is 25.0 Å². The Morgan fingerprint density at radius 3 is 2.25 bits per heavy atom. The van der Waals surface area contributed by atoms with Gasteiger partial charge in [-0.1, -0.05) is 66.2 Å². The predicted octanol–water partition coefficient (Wildman–Crippen LogP) is 5.91. The van der Waals surface area contributed by atoms with Crippen molar-refractivity contribution in [1.29, 1.82) is 0 Å². The monoisotopic (exact) mass is 322 g/mol. The first-order chi connectivity index (χ1) is 9.59. The van der Waals surface area contributed by atoms with Crippen LogP contribution in [0, 0.1) is 0 Å². The molecular weight excluding hydrogens is 308 g/mol. The third-order valence-corrected chi connectivity index (χ3v) is 5.15. The summed E-state index contributed by atoms with van der Waals surface area (Å²) in [6.45, 7) is 4.63. The molecule has 0 aliphatic heterocycles. The lowest BCUT2D eigenvalue weighted by Gasteiger charge is -2.22. The number of rotatable bonds is 0. The number of fused-ring (bicyclic) bond motifs is 4. The van der Waals surface area contributed by atoms with Gasteiger partial charge in [-0.15, -0.1) is 0 Å². The van der Waals surface area contributed by atoms with Gasteiger partial charge >= 0.3 is 0 Å². The van der Waals surface area contributed by atoms with Crippen LogP contribution in [0.15, 0.2) is 59.1 Å². The van der Waals surface area contributed by atoms with Gasteiger partial charge in [-0.25, -0.2) is 0 Å². The molecule has 0 amide bonds. The molecule has 4 rings (SSSR count). The average molecular weight is 323 g/mol. The summed E-state index contributed by atoms with van der Waals surface area (Å²) in [7, 11) is 0. The molecule has 20 heavy (non-hydrogen) atoms. The Morgan fingerprint density at radius 2 is 1.50 bits per heavy atom. The van der Waals surface area contributed by atoms with Crippen LogP contribution in [-0.4, -0.2) is 0 Å². The fraction of sp³-hybridized carbons (Fsp3) is 0.158. The molecule has 0 aromatic heterocycles. The third kappa shape index (κ3) is 1.47. The molecule has 0 radical (unpaired) electrons. The summed E-state index contributed by atoms with van der Waals surface area (Å²) < 4.78 is 1.21. The van der Waals surface area contributed by atoms with Crippen LogP contribution in [0.2, 0.25) is 0 Å². The molecule has 0 unspecified atom stereocenters. The van der Waals surface area contributed by atoms with Gasteiger partial charge in [-0.2, -0.15) is 0 Å². The molecule has 0 saturated heterocycles. The summed E-state index contributed by atoms with van der Waals surface area (Å²) in [5, 5.41) is 2.64. The van der Waals surface area contributed by atoms with Gasteiger partial charge in [-0.3, -0.25) is 0 Å². The highest BCUT2D eigenvalue weighted by Crippen LogP contribution is 2.52. The minimum absolute atomic E-state index is 0.0504. The first kappa shape index (κ1) is 12.2. The van der Waals surface area contributed by atoms with Crippen LogP contribution in [-0.2, 0) is 5.41 Å². The van der Waals surface area contributed by atoms with Crippen LogP contribution in [0.25, 0.3) is 21.9 Å². The van der Waals surface area contributed by atoms with E-state index in [1.807, 2.05) is 0 Å². The van der Waals surface area contributed by atoms with E-state index in [0.29, 0.717) is 0 Å². The number of benzene rings is 3. The maximum Gasteiger partial charge on any atom is 0.0222 e. The molecule has 0 saturated carbocycles. The smallest absolute Gasteiger partial charge is 0.0222 e. The summed E-state index contributed by atoms with van der Waals surface area (Å²) in [5.41, 5.74) is 5.63. The van der Waals surface area contributed by atoms with Crippen LogP contribution >= 0.6 is 15.9 Å². The summed E-state index contributed by atoms with van der Waals surface area (Å²) in [6, 6.07) is 19.8. The highest BCUT2D eigenvalue weighted by molar-refractivity contribution is 9.10. The van der Waals surface area contributed by atoms with Gasteiger partial charge in [0.05, 0.1) is 0 Å². The Bertz CT molecular complexity index is 844. The fourth-order valence-electron chi connectivity index (χ4n) is 3.50. The lowest BCUT2D eigenvalue weighted by molar-refractivity contribution is 0.658. The molecule has 0 heterocycles. The standard InChI is InChI=1S/C19H15Br/c1-19(2)16-11-13-7-4-3-6-12(13)10-15(16)14-8-5-9-17(20)18(14)19/h3-11H,1-2H3. The lowest BCUT2D eigenvalue weighted by atomic mass is 9.82. The molecular formula is C19H15Br. The maximum absolute atomic E-state index is 3.74. The quantitative estimate of drug-likeness (QED) is 0.482.